The molecule has 0 aliphatic carbocycles. The van der Waals surface area contributed by atoms with Crippen LogP contribution in [0.5, 0.6) is 0 Å². The van der Waals surface area contributed by atoms with Crippen LogP contribution in [0.25, 0.3) is 0 Å². The summed E-state index contributed by atoms with van der Waals surface area (Å²) in [5.41, 5.74) is -0.678. The molecule has 0 unspecified atom stereocenters. The summed E-state index contributed by atoms with van der Waals surface area (Å²) < 4.78 is 2.54. The van der Waals surface area contributed by atoms with Gasteiger partial charge in [-0.3, -0.25) is 18.7 Å². The number of piperidine rings is 1. The number of hydrogen-bond donors (Lipinski definition) is 1. The Hall–Kier alpha value is -2.05. The molecular weight excluding hydrogens is 284 g/mol. The van der Waals surface area contributed by atoms with Crippen LogP contribution in [0.2, 0.25) is 0 Å². The average molecular weight is 308 g/mol. The summed E-state index contributed by atoms with van der Waals surface area (Å²) in [5, 5.41) is 2.93. The summed E-state index contributed by atoms with van der Waals surface area (Å²) in [6.45, 7) is 5.14. The number of rotatable bonds is 3. The van der Waals surface area contributed by atoms with E-state index in [1.54, 1.807) is 7.05 Å². The molecular formula is C15H24N4O3. The minimum atomic E-state index is -0.351. The first-order chi connectivity index (χ1) is 10.3. The Kier molecular flexibility index (Phi) is 4.73. The molecule has 7 heteroatoms. The Balaban J connectivity index is 2.25. The predicted octanol–water partition coefficient (Wildman–Crippen LogP) is -0.175. The molecule has 1 aromatic rings. The van der Waals surface area contributed by atoms with E-state index in [9.17, 15) is 14.4 Å². The molecule has 1 atom stereocenters. The SMILES string of the molecule is CC(C)NC(=O)[C@@H]1CCCN(c2cc(=O)n(C)c(=O)n2C)C1. The number of carbonyl (C=O) groups is 1. The van der Waals surface area contributed by atoms with Crippen molar-refractivity contribution in [3.8, 4) is 0 Å². The van der Waals surface area contributed by atoms with Crippen molar-refractivity contribution in [2.24, 2.45) is 20.0 Å². The van der Waals surface area contributed by atoms with Crippen molar-refractivity contribution >= 4 is 11.7 Å². The Morgan fingerprint density at radius 3 is 2.59 bits per heavy atom. The lowest BCUT2D eigenvalue weighted by atomic mass is 9.97. The molecule has 1 amide bonds. The maximum atomic E-state index is 12.2. The lowest BCUT2D eigenvalue weighted by molar-refractivity contribution is -0.125. The first-order valence-corrected chi connectivity index (χ1v) is 7.63. The number of nitrogens with zero attached hydrogens (tertiary/aromatic N) is 3. The zero-order valence-corrected chi connectivity index (χ0v) is 13.6. The zero-order valence-electron chi connectivity index (χ0n) is 13.6. The van der Waals surface area contributed by atoms with E-state index in [2.05, 4.69) is 5.32 Å². The third-order valence-electron chi connectivity index (χ3n) is 4.05. The number of hydrogen-bond acceptors (Lipinski definition) is 4. The van der Waals surface area contributed by atoms with E-state index in [1.165, 1.54) is 17.7 Å². The second kappa shape index (κ2) is 6.37. The van der Waals surface area contributed by atoms with Gasteiger partial charge < -0.3 is 10.2 Å². The summed E-state index contributed by atoms with van der Waals surface area (Å²) in [5.74, 6) is 0.499. The Bertz CT molecular complexity index is 674. The number of carbonyl (C=O) groups excluding carboxylic acids is 1. The van der Waals surface area contributed by atoms with Gasteiger partial charge in [-0.05, 0) is 26.7 Å². The van der Waals surface area contributed by atoms with Crippen LogP contribution in [0.3, 0.4) is 0 Å². The van der Waals surface area contributed by atoms with E-state index in [0.717, 1.165) is 24.0 Å². The van der Waals surface area contributed by atoms with Crippen LogP contribution in [0.1, 0.15) is 26.7 Å². The molecule has 0 radical (unpaired) electrons. The summed E-state index contributed by atoms with van der Waals surface area (Å²) in [4.78, 5) is 38.0. The van der Waals surface area contributed by atoms with Gasteiger partial charge >= 0.3 is 5.69 Å². The fourth-order valence-electron chi connectivity index (χ4n) is 2.83. The molecule has 2 rings (SSSR count). The normalized spacial score (nSPS) is 18.6. The van der Waals surface area contributed by atoms with Gasteiger partial charge in [0, 0.05) is 39.3 Å². The van der Waals surface area contributed by atoms with Gasteiger partial charge in [0.05, 0.1) is 5.92 Å². The molecule has 1 aromatic heterocycles. The van der Waals surface area contributed by atoms with E-state index in [4.69, 9.17) is 0 Å². The smallest absolute Gasteiger partial charge is 0.332 e. The summed E-state index contributed by atoms with van der Waals surface area (Å²) in [6, 6.07) is 1.57. The molecule has 22 heavy (non-hydrogen) atoms. The zero-order chi connectivity index (χ0) is 16.4. The first kappa shape index (κ1) is 16.3. The fourth-order valence-corrected chi connectivity index (χ4v) is 2.83. The van der Waals surface area contributed by atoms with E-state index >= 15 is 0 Å². The molecule has 1 aliphatic rings. The van der Waals surface area contributed by atoms with Crippen molar-refractivity contribution in [2.75, 3.05) is 18.0 Å². The van der Waals surface area contributed by atoms with Crippen LogP contribution in [0.15, 0.2) is 15.7 Å². The standard InChI is InChI=1S/C15H24N4O3/c1-10(2)16-14(21)11-6-5-7-19(9-11)12-8-13(20)18(4)15(22)17(12)3/h8,10-11H,5-7,9H2,1-4H3,(H,16,21)/t11-/m1/s1. The molecule has 1 N–H and O–H groups in total. The van der Waals surface area contributed by atoms with Crippen molar-refractivity contribution in [2.45, 2.75) is 32.7 Å². The Morgan fingerprint density at radius 1 is 1.27 bits per heavy atom. The molecule has 122 valence electrons. The maximum absolute atomic E-state index is 12.2. The first-order valence-electron chi connectivity index (χ1n) is 7.63. The number of amides is 1. The van der Waals surface area contributed by atoms with Crippen molar-refractivity contribution in [3.05, 3.63) is 26.9 Å². The summed E-state index contributed by atoms with van der Waals surface area (Å²) in [6.07, 6.45) is 1.69. The molecule has 1 saturated heterocycles. The van der Waals surface area contributed by atoms with Gasteiger partial charge in [-0.15, -0.1) is 0 Å². The Morgan fingerprint density at radius 2 is 1.95 bits per heavy atom. The quantitative estimate of drug-likeness (QED) is 0.841. The monoisotopic (exact) mass is 308 g/mol. The van der Waals surface area contributed by atoms with E-state index in [1.807, 2.05) is 18.7 Å². The molecule has 0 saturated carbocycles. The van der Waals surface area contributed by atoms with Crippen LogP contribution in [-0.2, 0) is 18.9 Å². The molecule has 0 bridgehead atoms. The van der Waals surface area contributed by atoms with Crippen LogP contribution in [0.4, 0.5) is 5.82 Å². The molecule has 1 fully saturated rings. The predicted molar refractivity (Wildman–Crippen MR) is 85.1 cm³/mol. The summed E-state index contributed by atoms with van der Waals surface area (Å²) >= 11 is 0. The second-order valence-corrected chi connectivity index (χ2v) is 6.19. The van der Waals surface area contributed by atoms with Crippen LogP contribution in [-0.4, -0.2) is 34.2 Å². The van der Waals surface area contributed by atoms with Crippen molar-refractivity contribution in [1.29, 1.82) is 0 Å². The Labute approximate surface area is 129 Å². The van der Waals surface area contributed by atoms with Gasteiger partial charge in [-0.2, -0.15) is 0 Å². The minimum Gasteiger partial charge on any atom is -0.357 e. The topological polar surface area (TPSA) is 76.3 Å². The minimum absolute atomic E-state index is 0.0357. The number of nitrogens with one attached hydrogen (secondary N) is 1. The lowest BCUT2D eigenvalue weighted by Gasteiger charge is -2.34. The highest BCUT2D eigenvalue weighted by molar-refractivity contribution is 5.79. The number of aromatic nitrogens is 2. The fraction of sp³-hybridized carbons (Fsp3) is 0.667. The van der Waals surface area contributed by atoms with Gasteiger partial charge in [0.2, 0.25) is 5.91 Å². The van der Waals surface area contributed by atoms with Crippen LogP contribution >= 0.6 is 0 Å². The van der Waals surface area contributed by atoms with Gasteiger partial charge in [0.1, 0.15) is 5.82 Å². The van der Waals surface area contributed by atoms with Gasteiger partial charge in [-0.25, -0.2) is 4.79 Å². The highest BCUT2D eigenvalue weighted by atomic mass is 16.2. The number of anilines is 1. The van der Waals surface area contributed by atoms with Crippen LogP contribution < -0.4 is 21.5 Å². The van der Waals surface area contributed by atoms with E-state index < -0.39 is 0 Å². The average Bonchev–Trinajstić information content (AvgIpc) is 2.48. The highest BCUT2D eigenvalue weighted by Gasteiger charge is 2.27. The van der Waals surface area contributed by atoms with Gasteiger partial charge in [0.25, 0.3) is 5.56 Å². The third-order valence-corrected chi connectivity index (χ3v) is 4.05. The lowest BCUT2D eigenvalue weighted by Crippen LogP contribution is -2.47. The van der Waals surface area contributed by atoms with E-state index in [-0.39, 0.29) is 29.1 Å². The summed E-state index contributed by atoms with van der Waals surface area (Å²) in [7, 11) is 3.11. The van der Waals surface area contributed by atoms with Crippen LogP contribution in [0, 0.1) is 5.92 Å². The molecule has 1 aliphatic heterocycles. The van der Waals surface area contributed by atoms with Crippen molar-refractivity contribution < 1.29 is 4.79 Å². The third kappa shape index (κ3) is 3.23. The molecule has 7 nitrogen and oxygen atoms in total. The van der Waals surface area contributed by atoms with Gasteiger partial charge in [-0.1, -0.05) is 0 Å². The highest BCUT2D eigenvalue weighted by Crippen LogP contribution is 2.21. The van der Waals surface area contributed by atoms with Gasteiger partial charge in [0.15, 0.2) is 0 Å². The maximum Gasteiger partial charge on any atom is 0.332 e. The van der Waals surface area contributed by atoms with Crippen molar-refractivity contribution in [3.63, 3.8) is 0 Å². The molecule has 0 aromatic carbocycles. The second-order valence-electron chi connectivity index (χ2n) is 6.19. The molecule has 2 heterocycles. The largest absolute Gasteiger partial charge is 0.357 e. The van der Waals surface area contributed by atoms with E-state index in [0.29, 0.717) is 12.4 Å². The molecule has 0 spiro atoms. The van der Waals surface area contributed by atoms with Crippen molar-refractivity contribution in [1.82, 2.24) is 14.5 Å².